The lowest BCUT2D eigenvalue weighted by Gasteiger charge is -2.56. The van der Waals surface area contributed by atoms with Gasteiger partial charge in [0, 0.05) is 13.5 Å². The second kappa shape index (κ2) is 7.25. The molecule has 6 rings (SSSR count). The molecule has 2 aromatic heterocycles. The zero-order valence-corrected chi connectivity index (χ0v) is 17.2. The van der Waals surface area contributed by atoms with Gasteiger partial charge in [-0.2, -0.15) is 0 Å². The van der Waals surface area contributed by atoms with Crippen LogP contribution in [0.5, 0.6) is 0 Å². The van der Waals surface area contributed by atoms with Gasteiger partial charge in [0.25, 0.3) is 0 Å². The van der Waals surface area contributed by atoms with E-state index in [1.165, 1.54) is 50.3 Å². The van der Waals surface area contributed by atoms with Crippen molar-refractivity contribution in [2.45, 2.75) is 56.6 Å². The van der Waals surface area contributed by atoms with Gasteiger partial charge >= 0.3 is 0 Å². The molecule has 4 saturated carbocycles. The molecule has 4 aliphatic carbocycles. The van der Waals surface area contributed by atoms with Crippen molar-refractivity contribution in [2.24, 2.45) is 30.2 Å². The Morgan fingerprint density at radius 2 is 1.96 bits per heavy atom. The highest BCUT2D eigenvalue weighted by Gasteiger charge is 2.51. The highest BCUT2D eigenvalue weighted by molar-refractivity contribution is 7.99. The first-order valence-corrected chi connectivity index (χ1v) is 11.4. The number of rotatable bonds is 7. The molecule has 0 aromatic carbocycles. The zero-order chi connectivity index (χ0) is 19.1. The number of hydrogen-bond donors (Lipinski definition) is 1. The number of hydrogen-bond acceptors (Lipinski definition) is 5. The Morgan fingerprint density at radius 1 is 1.25 bits per heavy atom. The van der Waals surface area contributed by atoms with Crippen molar-refractivity contribution < 1.29 is 9.21 Å². The van der Waals surface area contributed by atoms with Crippen LogP contribution in [0, 0.1) is 23.2 Å². The molecule has 1 amide bonds. The summed E-state index contributed by atoms with van der Waals surface area (Å²) in [6, 6.07) is 3.67. The fourth-order valence-corrected chi connectivity index (χ4v) is 7.01. The number of furan rings is 1. The highest BCUT2D eigenvalue weighted by atomic mass is 32.2. The standard InChI is InChI=1S/C21H28N4O2S/c1-25-18(11-21-8-14-5-15(9-21)7-16(6-14)10-21)23-24-20(25)28-13-19(26)22-12-17-3-2-4-27-17/h2-4,14-16H,5-13H2,1H3,(H,22,26). The van der Waals surface area contributed by atoms with Crippen LogP contribution in [0.3, 0.4) is 0 Å². The van der Waals surface area contributed by atoms with Gasteiger partial charge in [-0.25, -0.2) is 0 Å². The molecule has 4 aliphatic rings. The number of nitrogens with zero attached hydrogens (tertiary/aromatic N) is 3. The van der Waals surface area contributed by atoms with Crippen LogP contribution in [-0.2, 0) is 24.8 Å². The molecule has 7 heteroatoms. The summed E-state index contributed by atoms with van der Waals surface area (Å²) in [6.07, 6.45) is 11.2. The molecule has 28 heavy (non-hydrogen) atoms. The maximum atomic E-state index is 12.1. The molecule has 1 N–H and O–H groups in total. The summed E-state index contributed by atoms with van der Waals surface area (Å²) in [6.45, 7) is 0.419. The van der Waals surface area contributed by atoms with Crippen molar-refractivity contribution in [1.29, 1.82) is 0 Å². The minimum Gasteiger partial charge on any atom is -0.467 e. The minimum absolute atomic E-state index is 0.0213. The summed E-state index contributed by atoms with van der Waals surface area (Å²) >= 11 is 1.45. The molecule has 2 heterocycles. The summed E-state index contributed by atoms with van der Waals surface area (Å²) in [5.74, 6) is 5.01. The Hall–Kier alpha value is -1.76. The van der Waals surface area contributed by atoms with Crippen molar-refractivity contribution in [3.05, 3.63) is 30.0 Å². The van der Waals surface area contributed by atoms with E-state index in [1.54, 1.807) is 6.26 Å². The van der Waals surface area contributed by atoms with Crippen LogP contribution in [0.15, 0.2) is 28.0 Å². The Labute approximate surface area is 169 Å². The minimum atomic E-state index is -0.0213. The van der Waals surface area contributed by atoms with Crippen molar-refractivity contribution >= 4 is 17.7 Å². The lowest BCUT2D eigenvalue weighted by atomic mass is 9.49. The normalized spacial score (nSPS) is 30.7. The van der Waals surface area contributed by atoms with E-state index in [4.69, 9.17) is 4.42 Å². The number of amides is 1. The predicted molar refractivity (Wildman–Crippen MR) is 107 cm³/mol. The van der Waals surface area contributed by atoms with Crippen molar-refractivity contribution in [3.8, 4) is 0 Å². The maximum absolute atomic E-state index is 12.1. The van der Waals surface area contributed by atoms with E-state index in [1.807, 2.05) is 19.2 Å². The van der Waals surface area contributed by atoms with Crippen LogP contribution < -0.4 is 5.32 Å². The molecule has 0 saturated heterocycles. The second-order valence-corrected chi connectivity index (χ2v) is 10.1. The average Bonchev–Trinajstić information content (AvgIpc) is 3.28. The first kappa shape index (κ1) is 18.3. The van der Waals surface area contributed by atoms with Crippen LogP contribution in [-0.4, -0.2) is 26.4 Å². The molecule has 0 aliphatic heterocycles. The van der Waals surface area contributed by atoms with E-state index >= 15 is 0 Å². The van der Waals surface area contributed by atoms with E-state index < -0.39 is 0 Å². The number of carbonyl (C=O) groups excluding carboxylic acids is 1. The third-order valence-electron chi connectivity index (χ3n) is 7.00. The van der Waals surface area contributed by atoms with Gasteiger partial charge < -0.3 is 14.3 Å². The van der Waals surface area contributed by atoms with Crippen molar-refractivity contribution in [1.82, 2.24) is 20.1 Å². The molecular formula is C21H28N4O2S. The van der Waals surface area contributed by atoms with Crippen LogP contribution in [0.2, 0.25) is 0 Å². The lowest BCUT2D eigenvalue weighted by Crippen LogP contribution is -2.47. The van der Waals surface area contributed by atoms with Crippen LogP contribution >= 0.6 is 11.8 Å². The average molecular weight is 401 g/mol. The van der Waals surface area contributed by atoms with Gasteiger partial charge in [0.05, 0.1) is 18.6 Å². The largest absolute Gasteiger partial charge is 0.467 e. The molecule has 0 spiro atoms. The Morgan fingerprint density at radius 3 is 2.61 bits per heavy atom. The van der Waals surface area contributed by atoms with E-state index in [-0.39, 0.29) is 5.91 Å². The van der Waals surface area contributed by atoms with Gasteiger partial charge in [-0.3, -0.25) is 4.79 Å². The summed E-state index contributed by atoms with van der Waals surface area (Å²) in [5, 5.41) is 12.6. The van der Waals surface area contributed by atoms with Crippen LogP contribution in [0.25, 0.3) is 0 Å². The SMILES string of the molecule is Cn1c(CC23CC4CC(CC(C4)C2)C3)nnc1SCC(=O)NCc1ccco1. The summed E-state index contributed by atoms with van der Waals surface area (Å²) < 4.78 is 7.34. The first-order valence-electron chi connectivity index (χ1n) is 10.4. The quantitative estimate of drug-likeness (QED) is 0.719. The van der Waals surface area contributed by atoms with Crippen LogP contribution in [0.1, 0.15) is 50.1 Å². The van der Waals surface area contributed by atoms with Gasteiger partial charge in [-0.05, 0) is 73.8 Å². The van der Waals surface area contributed by atoms with E-state index in [0.29, 0.717) is 17.7 Å². The molecule has 4 bridgehead atoms. The van der Waals surface area contributed by atoms with E-state index in [0.717, 1.165) is 40.9 Å². The molecule has 2 aromatic rings. The van der Waals surface area contributed by atoms with E-state index in [9.17, 15) is 4.79 Å². The topological polar surface area (TPSA) is 73.0 Å². The fourth-order valence-electron chi connectivity index (χ4n) is 6.25. The number of thioether (sulfide) groups is 1. The zero-order valence-electron chi connectivity index (χ0n) is 16.4. The summed E-state index contributed by atoms with van der Waals surface area (Å²) in [4.78, 5) is 12.1. The third-order valence-corrected chi connectivity index (χ3v) is 8.02. The molecule has 4 fully saturated rings. The monoisotopic (exact) mass is 400 g/mol. The first-order chi connectivity index (χ1) is 13.6. The van der Waals surface area contributed by atoms with Crippen molar-refractivity contribution in [2.75, 3.05) is 5.75 Å². The van der Waals surface area contributed by atoms with Gasteiger partial charge in [0.15, 0.2) is 5.16 Å². The number of aromatic nitrogens is 3. The number of carbonyl (C=O) groups is 1. The second-order valence-electron chi connectivity index (χ2n) is 9.20. The van der Waals surface area contributed by atoms with Gasteiger partial charge in [-0.15, -0.1) is 10.2 Å². The molecule has 0 unspecified atom stereocenters. The Kier molecular flexibility index (Phi) is 4.73. The molecule has 0 atom stereocenters. The van der Waals surface area contributed by atoms with Gasteiger partial charge in [-0.1, -0.05) is 11.8 Å². The molecule has 0 radical (unpaired) electrons. The molecule has 6 nitrogen and oxygen atoms in total. The fraction of sp³-hybridized carbons (Fsp3) is 0.667. The van der Waals surface area contributed by atoms with Crippen LogP contribution in [0.4, 0.5) is 0 Å². The molecular weight excluding hydrogens is 372 g/mol. The number of nitrogens with one attached hydrogen (secondary N) is 1. The Balaban J connectivity index is 1.18. The highest BCUT2D eigenvalue weighted by Crippen LogP contribution is 2.60. The molecule has 150 valence electrons. The van der Waals surface area contributed by atoms with Crippen molar-refractivity contribution in [3.63, 3.8) is 0 Å². The van der Waals surface area contributed by atoms with E-state index in [2.05, 4.69) is 20.1 Å². The summed E-state index contributed by atoms with van der Waals surface area (Å²) in [5.41, 5.74) is 0.456. The third kappa shape index (κ3) is 3.61. The summed E-state index contributed by atoms with van der Waals surface area (Å²) in [7, 11) is 2.04. The Bertz CT molecular complexity index is 809. The smallest absolute Gasteiger partial charge is 0.230 e. The lowest BCUT2D eigenvalue weighted by molar-refractivity contribution is -0.118. The predicted octanol–water partition coefficient (Wildman–Crippen LogP) is 3.58. The van der Waals surface area contributed by atoms with Gasteiger partial charge in [0.1, 0.15) is 11.6 Å². The maximum Gasteiger partial charge on any atom is 0.230 e. The van der Waals surface area contributed by atoms with Gasteiger partial charge in [0.2, 0.25) is 5.91 Å².